The third-order valence-corrected chi connectivity index (χ3v) is 9.08. The molecule has 0 atom stereocenters. The Balaban J connectivity index is 0.00000196. The quantitative estimate of drug-likeness (QED) is 0.144. The van der Waals surface area contributed by atoms with Gasteiger partial charge in [-0.25, -0.2) is 9.78 Å². The van der Waals surface area contributed by atoms with E-state index in [1.807, 2.05) is 36.7 Å². The fourth-order valence-corrected chi connectivity index (χ4v) is 6.65. The van der Waals surface area contributed by atoms with Crippen molar-refractivity contribution in [3.8, 4) is 27.3 Å². The molecule has 4 N–H and O–H groups in total. The molecule has 1 aliphatic heterocycles. The summed E-state index contributed by atoms with van der Waals surface area (Å²) >= 11 is 5.21. The number of rotatable bonds is 7. The molecule has 2 aromatic carbocycles. The third-order valence-electron chi connectivity index (χ3n) is 7.23. The molecule has 6 rings (SSSR count). The molecule has 0 saturated heterocycles. The first-order chi connectivity index (χ1) is 21.9. The van der Waals surface area contributed by atoms with Crippen molar-refractivity contribution in [2.75, 3.05) is 32.7 Å². The highest BCUT2D eigenvalue weighted by Crippen LogP contribution is 2.43. The van der Waals surface area contributed by atoms with Gasteiger partial charge >= 0.3 is 5.97 Å². The number of aromatic amines is 1. The average molecular weight is 692 g/mol. The number of halogens is 1. The van der Waals surface area contributed by atoms with Crippen LogP contribution in [0.2, 0.25) is 0 Å². The number of thiophene rings is 1. The maximum Gasteiger partial charge on any atom is 0.357 e. The lowest BCUT2D eigenvalue weighted by Gasteiger charge is -2.18. The summed E-state index contributed by atoms with van der Waals surface area (Å²) in [5.74, 6) is -0.944. The molecule has 0 saturated carbocycles. The van der Waals surface area contributed by atoms with Crippen LogP contribution in [0.5, 0.6) is 5.75 Å². The molecule has 0 bridgehead atoms. The van der Waals surface area contributed by atoms with Crippen molar-refractivity contribution in [2.24, 2.45) is 0 Å². The number of ether oxygens (including phenoxy) is 2. The summed E-state index contributed by atoms with van der Waals surface area (Å²) in [7, 11) is 2.25. The second-order valence-corrected chi connectivity index (χ2v) is 11.6. The van der Waals surface area contributed by atoms with E-state index in [0.29, 0.717) is 41.3 Å². The molecule has 3 aromatic heterocycles. The molecule has 0 fully saturated rings. The van der Waals surface area contributed by atoms with Gasteiger partial charge in [-0.2, -0.15) is 0 Å². The molecule has 232 valence electrons. The number of anilines is 1. The number of amides is 2. The summed E-state index contributed by atoms with van der Waals surface area (Å²) in [4.78, 5) is 48.4. The molecule has 10 nitrogen and oxygen atoms in total. The number of aliphatic hydroxyl groups is 1. The Morgan fingerprint density at radius 3 is 2.67 bits per heavy atom. The lowest BCUT2D eigenvalue weighted by molar-refractivity contribution is 0.0594. The van der Waals surface area contributed by atoms with Crippen LogP contribution in [0.15, 0.2) is 64.6 Å². The minimum atomic E-state index is -0.733. The number of nitrogens with one attached hydrogen (secondary N) is 3. The van der Waals surface area contributed by atoms with Crippen molar-refractivity contribution < 1.29 is 29.0 Å². The summed E-state index contributed by atoms with van der Waals surface area (Å²) < 4.78 is 11.9. The van der Waals surface area contributed by atoms with Gasteiger partial charge in [0.15, 0.2) is 5.69 Å². The van der Waals surface area contributed by atoms with E-state index in [4.69, 9.17) is 14.6 Å². The molecule has 0 radical (unpaired) electrons. The van der Waals surface area contributed by atoms with Crippen LogP contribution >= 0.6 is 27.3 Å². The monoisotopic (exact) mass is 690 g/mol. The van der Waals surface area contributed by atoms with Crippen LogP contribution in [0, 0.1) is 0 Å². The van der Waals surface area contributed by atoms with Gasteiger partial charge in [-0.15, -0.1) is 11.3 Å². The lowest BCUT2D eigenvalue weighted by Crippen LogP contribution is -2.26. The first kappa shape index (κ1) is 31.9. The lowest BCUT2D eigenvalue weighted by atomic mass is 9.93. The number of aromatic nitrogens is 2. The fourth-order valence-electron chi connectivity index (χ4n) is 5.09. The number of hydrogen-bond donors (Lipinski definition) is 4. The summed E-state index contributed by atoms with van der Waals surface area (Å²) in [6, 6.07) is 14.4. The van der Waals surface area contributed by atoms with E-state index in [2.05, 4.69) is 42.6 Å². The van der Waals surface area contributed by atoms with Gasteiger partial charge in [-0.3, -0.25) is 9.59 Å². The van der Waals surface area contributed by atoms with Crippen molar-refractivity contribution in [1.82, 2.24) is 15.3 Å². The highest BCUT2D eigenvalue weighted by Gasteiger charge is 2.27. The first-order valence-electron chi connectivity index (χ1n) is 14.2. The van der Waals surface area contributed by atoms with Gasteiger partial charge in [0.1, 0.15) is 11.4 Å². The Bertz CT molecular complexity index is 1900. The molecule has 0 aliphatic carbocycles. The number of carbonyl (C=O) groups is 3. The normalized spacial score (nSPS) is 11.7. The molecule has 1 aliphatic rings. The number of fused-ring (bicyclic) bond motifs is 4. The van der Waals surface area contributed by atoms with Crippen molar-refractivity contribution >= 4 is 61.6 Å². The van der Waals surface area contributed by atoms with Crippen molar-refractivity contribution in [3.05, 3.63) is 87.1 Å². The van der Waals surface area contributed by atoms with Gasteiger partial charge in [0.2, 0.25) is 0 Å². The third kappa shape index (κ3) is 6.35. The maximum atomic E-state index is 14.1. The van der Waals surface area contributed by atoms with Crippen LogP contribution in [-0.4, -0.2) is 60.2 Å². The zero-order valence-electron chi connectivity index (χ0n) is 24.8. The van der Waals surface area contributed by atoms with Crippen LogP contribution in [0.25, 0.3) is 32.5 Å². The number of aliphatic hydroxyl groups excluding tert-OH is 1. The largest absolute Gasteiger partial charge is 0.493 e. The average Bonchev–Trinajstić information content (AvgIpc) is 3.72. The molecule has 0 unspecified atom stereocenters. The van der Waals surface area contributed by atoms with E-state index >= 15 is 0 Å². The molecule has 0 spiro atoms. The standard InChI is InChI=1S/C32H27BrN4O5S.CH4O/c1-3-11-35-31(39)25-5-4-18(28(36-25)32(40)41-2)20-16-26-22(29-17(9-13-42-26)10-14-43-29)15-21(20)30(38)37-24-7-6-23-19(27(24)33)8-12-34-23;1-2/h4-8,10,12,14-16,34H,3,9,11,13H2,1-2H3,(H,35,39)(H,37,38);2H,1H3. The first-order valence-corrected chi connectivity index (χ1v) is 15.8. The van der Waals surface area contributed by atoms with Gasteiger partial charge in [0.25, 0.3) is 11.8 Å². The van der Waals surface area contributed by atoms with E-state index in [0.717, 1.165) is 51.3 Å². The molecular weight excluding hydrogens is 660 g/mol. The Hall–Kier alpha value is -4.52. The summed E-state index contributed by atoms with van der Waals surface area (Å²) in [5.41, 5.74) is 4.50. The molecular formula is C33H31BrN4O6S. The number of hydrogen-bond acceptors (Lipinski definition) is 8. The van der Waals surface area contributed by atoms with Gasteiger partial charge in [-0.1, -0.05) is 6.92 Å². The molecule has 4 heterocycles. The zero-order valence-corrected chi connectivity index (χ0v) is 27.2. The van der Waals surface area contributed by atoms with E-state index in [9.17, 15) is 14.4 Å². The van der Waals surface area contributed by atoms with Crippen molar-refractivity contribution in [1.29, 1.82) is 0 Å². The second kappa shape index (κ2) is 14.1. The van der Waals surface area contributed by atoms with Crippen LogP contribution in [0.1, 0.15) is 50.2 Å². The Kier molecular flexibility index (Phi) is 9.96. The van der Waals surface area contributed by atoms with E-state index < -0.39 is 17.8 Å². The Morgan fingerprint density at radius 2 is 1.89 bits per heavy atom. The van der Waals surface area contributed by atoms with E-state index in [1.165, 1.54) is 13.2 Å². The molecule has 12 heteroatoms. The summed E-state index contributed by atoms with van der Waals surface area (Å²) in [6.07, 6.45) is 3.31. The highest BCUT2D eigenvalue weighted by molar-refractivity contribution is 9.10. The number of nitrogens with zero attached hydrogens (tertiary/aromatic N) is 1. The van der Waals surface area contributed by atoms with Gasteiger partial charge < -0.3 is 30.2 Å². The molecule has 2 amide bonds. The minimum Gasteiger partial charge on any atom is -0.493 e. The van der Waals surface area contributed by atoms with E-state index in [-0.39, 0.29) is 11.4 Å². The van der Waals surface area contributed by atoms with Crippen LogP contribution in [-0.2, 0) is 11.2 Å². The number of H-pyrrole nitrogens is 1. The maximum absolute atomic E-state index is 14.1. The van der Waals surface area contributed by atoms with Crippen molar-refractivity contribution in [2.45, 2.75) is 19.8 Å². The number of methoxy groups -OCH3 is 1. The van der Waals surface area contributed by atoms with E-state index in [1.54, 1.807) is 29.5 Å². The predicted octanol–water partition coefficient (Wildman–Crippen LogP) is 6.44. The van der Waals surface area contributed by atoms with Crippen molar-refractivity contribution in [3.63, 3.8) is 0 Å². The van der Waals surface area contributed by atoms with Crippen LogP contribution in [0.3, 0.4) is 0 Å². The summed E-state index contributed by atoms with van der Waals surface area (Å²) in [6.45, 7) is 2.87. The predicted molar refractivity (Wildman–Crippen MR) is 178 cm³/mol. The SMILES string of the molecule is CCCNC(=O)c1ccc(-c2cc3c(cc2C(=O)Nc2ccc4[nH]ccc4c2Br)-c2sccc2CCO3)c(C(=O)OC)n1.CO. The number of pyridine rings is 1. The Labute approximate surface area is 271 Å². The van der Waals surface area contributed by atoms with Gasteiger partial charge in [0.05, 0.1) is 23.9 Å². The van der Waals surface area contributed by atoms with Crippen LogP contribution < -0.4 is 15.4 Å². The second-order valence-electron chi connectivity index (χ2n) is 9.93. The fraction of sp³-hybridized carbons (Fsp3) is 0.212. The number of benzene rings is 2. The molecule has 45 heavy (non-hydrogen) atoms. The number of carbonyl (C=O) groups excluding carboxylic acids is 3. The van der Waals surface area contributed by atoms with Gasteiger partial charge in [-0.05, 0) is 81.8 Å². The van der Waals surface area contributed by atoms with Gasteiger partial charge in [0, 0.05) is 64.3 Å². The van der Waals surface area contributed by atoms with Crippen LogP contribution in [0.4, 0.5) is 5.69 Å². The minimum absolute atomic E-state index is 0.0709. The highest BCUT2D eigenvalue weighted by atomic mass is 79.9. The summed E-state index contributed by atoms with van der Waals surface area (Å²) in [5, 5.41) is 15.8. The number of esters is 1. The topological polar surface area (TPSA) is 143 Å². The zero-order chi connectivity index (χ0) is 32.1. The Morgan fingerprint density at radius 1 is 1.07 bits per heavy atom. The smallest absolute Gasteiger partial charge is 0.357 e. The molecule has 5 aromatic rings.